The van der Waals surface area contributed by atoms with Gasteiger partial charge in [0.15, 0.2) is 0 Å². The highest BCUT2D eigenvalue weighted by molar-refractivity contribution is 5.82. The van der Waals surface area contributed by atoms with Crippen LogP contribution in [0.25, 0.3) is 6.08 Å². The van der Waals surface area contributed by atoms with Crippen molar-refractivity contribution in [1.29, 1.82) is 5.26 Å². The molecule has 0 spiro atoms. The molecule has 0 radical (unpaired) electrons. The Morgan fingerprint density at radius 1 is 1.53 bits per heavy atom. The van der Waals surface area contributed by atoms with Gasteiger partial charge in [0.2, 0.25) is 5.60 Å². The molecule has 1 aromatic rings. The Labute approximate surface area is 99.6 Å². The van der Waals surface area contributed by atoms with E-state index in [1.54, 1.807) is 6.07 Å². The van der Waals surface area contributed by atoms with Crippen molar-refractivity contribution in [1.82, 2.24) is 0 Å². The van der Waals surface area contributed by atoms with E-state index in [1.165, 1.54) is 0 Å². The number of fused-ring (bicyclic) bond motifs is 1. The Bertz CT molecular complexity index is 539. The minimum absolute atomic E-state index is 0.361. The van der Waals surface area contributed by atoms with Gasteiger partial charge in [0, 0.05) is 18.1 Å². The first kappa shape index (κ1) is 11.2. The van der Waals surface area contributed by atoms with Crippen molar-refractivity contribution in [3.05, 3.63) is 54.1 Å². The highest BCUT2D eigenvalue weighted by atomic mass is 16.6. The second kappa shape index (κ2) is 4.26. The summed E-state index contributed by atoms with van der Waals surface area (Å²) < 4.78 is 5.23. The van der Waals surface area contributed by atoms with Crippen molar-refractivity contribution in [2.45, 2.75) is 12.0 Å². The molecule has 0 heterocycles. The van der Waals surface area contributed by atoms with Crippen LogP contribution in [0.5, 0.6) is 0 Å². The number of hydrogen-bond acceptors (Lipinski definition) is 3. The van der Waals surface area contributed by atoms with Gasteiger partial charge in [-0.05, 0) is 5.56 Å². The standard InChI is InChI=1S/C14H11NO2/c1-2-13(16)17-14(10-15)9-5-7-11-6-3-4-8-12(11)14/h2-8H,1,9H2. The molecule has 0 fully saturated rings. The Hall–Kier alpha value is -2.34. The third-order valence-corrected chi connectivity index (χ3v) is 2.72. The smallest absolute Gasteiger partial charge is 0.332 e. The Morgan fingerprint density at radius 2 is 2.29 bits per heavy atom. The molecule has 0 saturated heterocycles. The molecule has 0 aromatic heterocycles. The Kier molecular flexibility index (Phi) is 2.80. The van der Waals surface area contributed by atoms with Crippen molar-refractivity contribution < 1.29 is 9.53 Å². The predicted molar refractivity (Wildman–Crippen MR) is 63.7 cm³/mol. The molecule has 0 saturated carbocycles. The third-order valence-electron chi connectivity index (χ3n) is 2.72. The van der Waals surface area contributed by atoms with Gasteiger partial charge in [-0.25, -0.2) is 4.79 Å². The molecule has 0 bridgehead atoms. The van der Waals surface area contributed by atoms with E-state index in [0.717, 1.165) is 17.2 Å². The van der Waals surface area contributed by atoms with E-state index in [9.17, 15) is 10.1 Å². The fourth-order valence-electron chi connectivity index (χ4n) is 1.91. The Balaban J connectivity index is 2.50. The topological polar surface area (TPSA) is 50.1 Å². The zero-order chi connectivity index (χ0) is 12.3. The number of hydrogen-bond donors (Lipinski definition) is 0. The van der Waals surface area contributed by atoms with Crippen LogP contribution in [0, 0.1) is 11.3 Å². The van der Waals surface area contributed by atoms with Crippen molar-refractivity contribution in [3.63, 3.8) is 0 Å². The lowest BCUT2D eigenvalue weighted by atomic mass is 9.84. The lowest BCUT2D eigenvalue weighted by Crippen LogP contribution is -2.32. The van der Waals surface area contributed by atoms with E-state index >= 15 is 0 Å². The van der Waals surface area contributed by atoms with Gasteiger partial charge in [-0.2, -0.15) is 5.26 Å². The zero-order valence-electron chi connectivity index (χ0n) is 9.22. The molecular formula is C14H11NO2. The van der Waals surface area contributed by atoms with E-state index in [4.69, 9.17) is 4.74 Å². The SMILES string of the molecule is C=CC(=O)OC1(C#N)CC=Cc2ccccc21. The first-order valence-corrected chi connectivity index (χ1v) is 5.24. The van der Waals surface area contributed by atoms with Gasteiger partial charge in [-0.3, -0.25) is 0 Å². The van der Waals surface area contributed by atoms with Crippen molar-refractivity contribution >= 4 is 12.0 Å². The molecule has 1 atom stereocenters. The summed E-state index contributed by atoms with van der Waals surface area (Å²) in [6.45, 7) is 3.35. The number of benzene rings is 1. The van der Waals surface area contributed by atoms with E-state index in [1.807, 2.05) is 30.4 Å². The Morgan fingerprint density at radius 3 is 3.00 bits per heavy atom. The van der Waals surface area contributed by atoms with Crippen LogP contribution in [0.1, 0.15) is 17.5 Å². The quantitative estimate of drug-likeness (QED) is 0.574. The fourth-order valence-corrected chi connectivity index (χ4v) is 1.91. The number of carbonyl (C=O) groups is 1. The highest BCUT2D eigenvalue weighted by Gasteiger charge is 2.38. The average molecular weight is 225 g/mol. The summed E-state index contributed by atoms with van der Waals surface area (Å²) >= 11 is 0. The predicted octanol–water partition coefficient (Wildman–Crippen LogP) is 2.55. The van der Waals surface area contributed by atoms with Crippen molar-refractivity contribution in [3.8, 4) is 6.07 Å². The molecule has 84 valence electrons. The first-order valence-electron chi connectivity index (χ1n) is 5.24. The number of rotatable bonds is 2. The van der Waals surface area contributed by atoms with Crippen LogP contribution in [-0.2, 0) is 15.1 Å². The first-order chi connectivity index (χ1) is 8.22. The molecule has 1 aromatic carbocycles. The molecule has 0 amide bonds. The molecule has 1 aliphatic rings. The van der Waals surface area contributed by atoms with Gasteiger partial charge in [0.1, 0.15) is 6.07 Å². The van der Waals surface area contributed by atoms with E-state index in [-0.39, 0.29) is 0 Å². The van der Waals surface area contributed by atoms with Crippen LogP contribution in [0.2, 0.25) is 0 Å². The number of nitrogens with zero attached hydrogens (tertiary/aromatic N) is 1. The normalized spacial score (nSPS) is 21.1. The number of nitriles is 1. The molecule has 0 N–H and O–H groups in total. The summed E-state index contributed by atoms with van der Waals surface area (Å²) in [7, 11) is 0. The molecule has 0 aliphatic heterocycles. The minimum Gasteiger partial charge on any atom is -0.436 e. The van der Waals surface area contributed by atoms with Gasteiger partial charge >= 0.3 is 5.97 Å². The second-order valence-electron chi connectivity index (χ2n) is 3.76. The van der Waals surface area contributed by atoms with Crippen LogP contribution < -0.4 is 0 Å². The minimum atomic E-state index is -1.23. The monoisotopic (exact) mass is 225 g/mol. The number of esters is 1. The average Bonchev–Trinajstić information content (AvgIpc) is 2.39. The highest BCUT2D eigenvalue weighted by Crippen LogP contribution is 2.36. The maximum absolute atomic E-state index is 11.3. The van der Waals surface area contributed by atoms with Crippen molar-refractivity contribution in [2.75, 3.05) is 0 Å². The summed E-state index contributed by atoms with van der Waals surface area (Å²) in [5, 5.41) is 9.34. The maximum atomic E-state index is 11.3. The van der Waals surface area contributed by atoms with Gasteiger partial charge < -0.3 is 4.74 Å². The van der Waals surface area contributed by atoms with Gasteiger partial charge in [0.05, 0.1) is 0 Å². The van der Waals surface area contributed by atoms with Crippen LogP contribution in [0.4, 0.5) is 0 Å². The maximum Gasteiger partial charge on any atom is 0.332 e. The summed E-state index contributed by atoms with van der Waals surface area (Å²) in [6.07, 6.45) is 5.19. The molecule has 1 aliphatic carbocycles. The summed E-state index contributed by atoms with van der Waals surface area (Å²) in [5.41, 5.74) is 0.397. The molecule has 17 heavy (non-hydrogen) atoms. The molecule has 3 nitrogen and oxygen atoms in total. The second-order valence-corrected chi connectivity index (χ2v) is 3.76. The fraction of sp³-hybridized carbons (Fsp3) is 0.143. The molecule has 2 rings (SSSR count). The largest absolute Gasteiger partial charge is 0.436 e. The van der Waals surface area contributed by atoms with E-state index < -0.39 is 11.6 Å². The van der Waals surface area contributed by atoms with E-state index in [0.29, 0.717) is 6.42 Å². The zero-order valence-corrected chi connectivity index (χ0v) is 9.22. The van der Waals surface area contributed by atoms with Crippen LogP contribution in [-0.4, -0.2) is 5.97 Å². The molecule has 3 heteroatoms. The number of ether oxygens (including phenoxy) is 1. The van der Waals surface area contributed by atoms with Crippen LogP contribution in [0.15, 0.2) is 43.0 Å². The summed E-state index contributed by atoms with van der Waals surface area (Å²) in [5.74, 6) is -0.586. The van der Waals surface area contributed by atoms with Gasteiger partial charge in [0.25, 0.3) is 0 Å². The number of carbonyl (C=O) groups excluding carboxylic acids is 1. The molecule has 1 unspecified atom stereocenters. The summed E-state index contributed by atoms with van der Waals surface area (Å²) in [4.78, 5) is 11.3. The lowest BCUT2D eigenvalue weighted by Gasteiger charge is -2.29. The van der Waals surface area contributed by atoms with Crippen LogP contribution >= 0.6 is 0 Å². The van der Waals surface area contributed by atoms with Gasteiger partial charge in [-0.1, -0.05) is 43.0 Å². The van der Waals surface area contributed by atoms with Gasteiger partial charge in [-0.15, -0.1) is 0 Å². The van der Waals surface area contributed by atoms with Crippen LogP contribution in [0.3, 0.4) is 0 Å². The third kappa shape index (κ3) is 1.85. The summed E-state index contributed by atoms with van der Waals surface area (Å²) in [6, 6.07) is 9.49. The van der Waals surface area contributed by atoms with E-state index in [2.05, 4.69) is 12.6 Å². The lowest BCUT2D eigenvalue weighted by molar-refractivity contribution is -0.149. The molecular weight excluding hydrogens is 214 g/mol. The van der Waals surface area contributed by atoms with Crippen molar-refractivity contribution in [2.24, 2.45) is 0 Å².